The monoisotopic (exact) mass is 213 g/mol. The second kappa shape index (κ2) is 6.02. The lowest BCUT2D eigenvalue weighted by atomic mass is 10.1. The number of ether oxygens (including phenoxy) is 1. The van der Waals surface area contributed by atoms with E-state index in [4.69, 9.17) is 16.3 Å². The molecule has 0 bridgehead atoms. The Morgan fingerprint density at radius 1 is 1.43 bits per heavy atom. The summed E-state index contributed by atoms with van der Waals surface area (Å²) in [6, 6.07) is 6.10. The molecule has 0 atom stereocenters. The lowest BCUT2D eigenvalue weighted by Gasteiger charge is -2.06. The van der Waals surface area contributed by atoms with Gasteiger partial charge in [0.05, 0.1) is 6.61 Å². The third-order valence-electron chi connectivity index (χ3n) is 2.01. The van der Waals surface area contributed by atoms with E-state index in [-0.39, 0.29) is 0 Å². The topological polar surface area (TPSA) is 21.3 Å². The fourth-order valence-corrected chi connectivity index (χ4v) is 1.49. The van der Waals surface area contributed by atoms with E-state index in [1.54, 1.807) is 7.11 Å². The molecule has 3 heteroatoms. The number of methoxy groups -OCH3 is 1. The number of rotatable bonds is 5. The van der Waals surface area contributed by atoms with Gasteiger partial charge >= 0.3 is 0 Å². The maximum Gasteiger partial charge on any atom is 0.0587 e. The Morgan fingerprint density at radius 3 is 2.86 bits per heavy atom. The van der Waals surface area contributed by atoms with Crippen LogP contribution in [0.3, 0.4) is 0 Å². The predicted molar refractivity (Wildman–Crippen MR) is 59.8 cm³/mol. The molecular weight excluding hydrogens is 198 g/mol. The zero-order chi connectivity index (χ0) is 10.4. The molecule has 0 aromatic heterocycles. The average molecular weight is 214 g/mol. The summed E-state index contributed by atoms with van der Waals surface area (Å²) in [7, 11) is 1.69. The van der Waals surface area contributed by atoms with Gasteiger partial charge < -0.3 is 10.1 Å². The first-order valence-corrected chi connectivity index (χ1v) is 5.06. The molecule has 0 aliphatic rings. The van der Waals surface area contributed by atoms with Crippen molar-refractivity contribution in [2.45, 2.75) is 13.5 Å². The molecule has 0 aliphatic carbocycles. The van der Waals surface area contributed by atoms with Gasteiger partial charge in [0.2, 0.25) is 0 Å². The number of hydrogen-bond donors (Lipinski definition) is 1. The van der Waals surface area contributed by atoms with Gasteiger partial charge in [0.25, 0.3) is 0 Å². The second-order valence-corrected chi connectivity index (χ2v) is 3.67. The summed E-state index contributed by atoms with van der Waals surface area (Å²) < 4.78 is 4.93. The Morgan fingerprint density at radius 2 is 2.21 bits per heavy atom. The van der Waals surface area contributed by atoms with E-state index in [9.17, 15) is 0 Å². The zero-order valence-electron chi connectivity index (χ0n) is 8.64. The van der Waals surface area contributed by atoms with E-state index in [0.29, 0.717) is 0 Å². The summed E-state index contributed by atoms with van der Waals surface area (Å²) in [5.41, 5.74) is 2.32. The molecule has 0 heterocycles. The van der Waals surface area contributed by atoms with Crippen LogP contribution in [0.1, 0.15) is 11.1 Å². The van der Waals surface area contributed by atoms with Crippen molar-refractivity contribution in [3.8, 4) is 0 Å². The van der Waals surface area contributed by atoms with Crippen molar-refractivity contribution in [2.24, 2.45) is 0 Å². The number of halogens is 1. The van der Waals surface area contributed by atoms with Crippen molar-refractivity contribution in [1.82, 2.24) is 5.32 Å². The van der Waals surface area contributed by atoms with Crippen LogP contribution in [0.25, 0.3) is 0 Å². The van der Waals surface area contributed by atoms with E-state index in [1.807, 2.05) is 13.0 Å². The van der Waals surface area contributed by atoms with Gasteiger partial charge in [-0.2, -0.15) is 0 Å². The van der Waals surface area contributed by atoms with Crippen molar-refractivity contribution in [3.63, 3.8) is 0 Å². The third-order valence-corrected chi connectivity index (χ3v) is 2.36. The van der Waals surface area contributed by atoms with Gasteiger partial charge in [0.15, 0.2) is 0 Å². The second-order valence-electron chi connectivity index (χ2n) is 3.26. The SMILES string of the molecule is COCCNCc1ccc(C)cc1Cl. The molecular formula is C11H16ClNO. The molecule has 1 aromatic rings. The van der Waals surface area contributed by atoms with Crippen molar-refractivity contribution in [2.75, 3.05) is 20.3 Å². The van der Waals surface area contributed by atoms with Crippen molar-refractivity contribution < 1.29 is 4.74 Å². The molecule has 1 aromatic carbocycles. The van der Waals surface area contributed by atoms with E-state index in [0.717, 1.165) is 30.3 Å². The Balaban J connectivity index is 2.42. The highest BCUT2D eigenvalue weighted by Gasteiger charge is 1.99. The molecule has 0 amide bonds. The average Bonchev–Trinajstić information content (AvgIpc) is 2.15. The van der Waals surface area contributed by atoms with Crippen molar-refractivity contribution in [3.05, 3.63) is 34.3 Å². The minimum atomic E-state index is 0.726. The van der Waals surface area contributed by atoms with Crippen molar-refractivity contribution in [1.29, 1.82) is 0 Å². The van der Waals surface area contributed by atoms with Crippen LogP contribution < -0.4 is 5.32 Å². The molecule has 0 radical (unpaired) electrons. The molecule has 0 saturated carbocycles. The maximum absolute atomic E-state index is 6.07. The number of nitrogens with one attached hydrogen (secondary N) is 1. The Bertz CT molecular complexity index is 289. The molecule has 78 valence electrons. The fourth-order valence-electron chi connectivity index (χ4n) is 1.19. The van der Waals surface area contributed by atoms with Gasteiger partial charge in [-0.3, -0.25) is 0 Å². The van der Waals surface area contributed by atoms with Crippen LogP contribution in [-0.4, -0.2) is 20.3 Å². The number of benzene rings is 1. The molecule has 1 N–H and O–H groups in total. The van der Waals surface area contributed by atoms with E-state index < -0.39 is 0 Å². The van der Waals surface area contributed by atoms with Crippen LogP contribution in [0, 0.1) is 6.92 Å². The van der Waals surface area contributed by atoms with Crippen LogP contribution in [0.2, 0.25) is 5.02 Å². The molecule has 0 aliphatic heterocycles. The van der Waals surface area contributed by atoms with Gasteiger partial charge in [-0.1, -0.05) is 23.7 Å². The van der Waals surface area contributed by atoms with Crippen LogP contribution in [0.4, 0.5) is 0 Å². The van der Waals surface area contributed by atoms with Crippen LogP contribution in [0.15, 0.2) is 18.2 Å². The summed E-state index contributed by atoms with van der Waals surface area (Å²) in [5.74, 6) is 0. The lowest BCUT2D eigenvalue weighted by molar-refractivity contribution is 0.199. The zero-order valence-corrected chi connectivity index (χ0v) is 9.40. The number of aryl methyl sites for hydroxylation is 1. The summed E-state index contributed by atoms with van der Waals surface area (Å²) in [4.78, 5) is 0. The molecule has 2 nitrogen and oxygen atoms in total. The summed E-state index contributed by atoms with van der Waals surface area (Å²) in [6.45, 7) is 4.40. The summed E-state index contributed by atoms with van der Waals surface area (Å²) >= 11 is 6.07. The lowest BCUT2D eigenvalue weighted by Crippen LogP contribution is -2.18. The van der Waals surface area contributed by atoms with Gasteiger partial charge in [-0.05, 0) is 24.1 Å². The summed E-state index contributed by atoms with van der Waals surface area (Å²) in [6.07, 6.45) is 0. The Labute approximate surface area is 90.2 Å². The minimum Gasteiger partial charge on any atom is -0.383 e. The summed E-state index contributed by atoms with van der Waals surface area (Å²) in [5, 5.41) is 4.08. The number of hydrogen-bond acceptors (Lipinski definition) is 2. The maximum atomic E-state index is 6.07. The highest BCUT2D eigenvalue weighted by Crippen LogP contribution is 2.16. The minimum absolute atomic E-state index is 0.726. The molecule has 0 unspecified atom stereocenters. The first-order valence-electron chi connectivity index (χ1n) is 4.68. The van der Waals surface area contributed by atoms with E-state index in [1.165, 1.54) is 5.56 Å². The normalized spacial score (nSPS) is 10.5. The Hall–Kier alpha value is -0.570. The smallest absolute Gasteiger partial charge is 0.0587 e. The Kier molecular flexibility index (Phi) is 4.94. The molecule has 0 spiro atoms. The predicted octanol–water partition coefficient (Wildman–Crippen LogP) is 2.38. The standard InChI is InChI=1S/C11H16ClNO/c1-9-3-4-10(11(12)7-9)8-13-5-6-14-2/h3-4,7,13H,5-6,8H2,1-2H3. The molecule has 0 fully saturated rings. The van der Waals surface area contributed by atoms with Crippen LogP contribution >= 0.6 is 11.6 Å². The van der Waals surface area contributed by atoms with Crippen molar-refractivity contribution >= 4 is 11.6 Å². The third kappa shape index (κ3) is 3.66. The quantitative estimate of drug-likeness (QED) is 0.759. The highest BCUT2D eigenvalue weighted by atomic mass is 35.5. The largest absolute Gasteiger partial charge is 0.383 e. The van der Waals surface area contributed by atoms with E-state index in [2.05, 4.69) is 17.4 Å². The van der Waals surface area contributed by atoms with Crippen LogP contribution in [-0.2, 0) is 11.3 Å². The van der Waals surface area contributed by atoms with Gasteiger partial charge in [-0.15, -0.1) is 0 Å². The fraction of sp³-hybridized carbons (Fsp3) is 0.455. The van der Waals surface area contributed by atoms with Crippen LogP contribution in [0.5, 0.6) is 0 Å². The molecule has 0 saturated heterocycles. The molecule has 1 rings (SSSR count). The first-order chi connectivity index (χ1) is 6.74. The van der Waals surface area contributed by atoms with Gasteiger partial charge in [0.1, 0.15) is 0 Å². The molecule has 14 heavy (non-hydrogen) atoms. The highest BCUT2D eigenvalue weighted by molar-refractivity contribution is 6.31. The van der Waals surface area contributed by atoms with E-state index >= 15 is 0 Å². The van der Waals surface area contributed by atoms with Gasteiger partial charge in [0, 0.05) is 25.2 Å². The first kappa shape index (κ1) is 11.5. The van der Waals surface area contributed by atoms with Gasteiger partial charge in [-0.25, -0.2) is 0 Å².